The number of aryl methyl sites for hydroxylation is 1. The van der Waals surface area contributed by atoms with E-state index in [0.29, 0.717) is 22.9 Å². The summed E-state index contributed by atoms with van der Waals surface area (Å²) in [5.41, 5.74) is 1.34. The Balaban J connectivity index is 1.89. The van der Waals surface area contributed by atoms with Gasteiger partial charge in [0.2, 0.25) is 0 Å². The van der Waals surface area contributed by atoms with Gasteiger partial charge in [-0.25, -0.2) is 0 Å². The predicted octanol–water partition coefficient (Wildman–Crippen LogP) is 7.52. The Kier molecular flexibility index (Phi) is 8.63. The third kappa shape index (κ3) is 7.96. The number of hydrogen-bond donors (Lipinski definition) is 1. The molecule has 0 aliphatic heterocycles. The highest BCUT2D eigenvalue weighted by Gasteiger charge is 2.39. The fourth-order valence-electron chi connectivity index (χ4n) is 3.40. The van der Waals surface area contributed by atoms with Gasteiger partial charge in [-0.1, -0.05) is 36.7 Å². The average molecular weight is 534 g/mol. The van der Waals surface area contributed by atoms with Crippen molar-refractivity contribution < 1.29 is 40.9 Å². The fourth-order valence-corrected chi connectivity index (χ4v) is 3.65. The maximum absolute atomic E-state index is 13.1. The van der Waals surface area contributed by atoms with E-state index >= 15 is 0 Å². The van der Waals surface area contributed by atoms with Gasteiger partial charge in [-0.3, -0.25) is 0 Å². The molecule has 4 nitrogen and oxygen atoms in total. The van der Waals surface area contributed by atoms with Gasteiger partial charge in [0.25, 0.3) is 0 Å². The second-order valence-electron chi connectivity index (χ2n) is 7.84. The summed E-state index contributed by atoms with van der Waals surface area (Å²) in [7, 11) is 0. The Hall–Kier alpha value is -3.11. The molecule has 3 aromatic rings. The largest absolute Gasteiger partial charge is 0.573 e. The molecule has 1 N–H and O–H groups in total. The normalized spacial score (nSPS) is 12.8. The van der Waals surface area contributed by atoms with Crippen molar-refractivity contribution in [2.75, 3.05) is 11.4 Å². The molecule has 36 heavy (non-hydrogen) atoms. The van der Waals surface area contributed by atoms with Crippen LogP contribution in [0.15, 0.2) is 66.7 Å². The van der Waals surface area contributed by atoms with Crippen LogP contribution in [-0.4, -0.2) is 30.3 Å². The number of rotatable bonds is 9. The van der Waals surface area contributed by atoms with Crippen LogP contribution in [0.4, 0.5) is 32.0 Å². The molecule has 1 unspecified atom stereocenters. The molecular formula is C25H22ClF6NO3. The van der Waals surface area contributed by atoms with Gasteiger partial charge in [-0.15, -0.1) is 13.2 Å². The van der Waals surface area contributed by atoms with Gasteiger partial charge in [0.05, 0.1) is 6.54 Å². The number of aliphatic hydroxyl groups excluding tert-OH is 1. The molecule has 0 amide bonds. The van der Waals surface area contributed by atoms with Crippen LogP contribution < -0.4 is 14.4 Å². The Bertz CT molecular complexity index is 1170. The Labute approximate surface area is 208 Å². The van der Waals surface area contributed by atoms with Gasteiger partial charge >= 0.3 is 12.5 Å². The highest BCUT2D eigenvalue weighted by atomic mass is 35.5. The second-order valence-corrected chi connectivity index (χ2v) is 8.25. The molecule has 1 atom stereocenters. The number of benzene rings is 3. The summed E-state index contributed by atoms with van der Waals surface area (Å²) < 4.78 is 86.9. The molecular weight excluding hydrogens is 512 g/mol. The Morgan fingerprint density at radius 3 is 2.22 bits per heavy atom. The summed E-state index contributed by atoms with van der Waals surface area (Å²) in [6.45, 7) is 0.814. The highest BCUT2D eigenvalue weighted by molar-refractivity contribution is 6.31. The molecule has 0 bridgehead atoms. The van der Waals surface area contributed by atoms with E-state index in [2.05, 4.69) is 4.74 Å². The van der Waals surface area contributed by atoms with Crippen molar-refractivity contribution >= 4 is 17.3 Å². The standard InChI is InChI=1S/C25H22ClF6NO3/c1-2-17-12-20(9-10-22(17)26)35-19-7-4-6-18(13-19)33(15-23(34)24(27,28)29)14-16-5-3-8-21(11-16)36-25(30,31)32/h3-13,23,34H,2,14-15H2,1H3. The lowest BCUT2D eigenvalue weighted by Gasteiger charge is -2.29. The Morgan fingerprint density at radius 1 is 0.889 bits per heavy atom. The molecule has 3 aromatic carbocycles. The van der Waals surface area contributed by atoms with E-state index in [1.807, 2.05) is 6.92 Å². The van der Waals surface area contributed by atoms with Crippen LogP contribution >= 0.6 is 11.6 Å². The van der Waals surface area contributed by atoms with Gasteiger partial charge in [0.15, 0.2) is 6.10 Å². The van der Waals surface area contributed by atoms with Crippen LogP contribution in [0.1, 0.15) is 18.1 Å². The first-order valence-corrected chi connectivity index (χ1v) is 11.1. The van der Waals surface area contributed by atoms with Crippen molar-refractivity contribution in [2.24, 2.45) is 0 Å². The number of alkyl halides is 6. The molecule has 0 fully saturated rings. The van der Waals surface area contributed by atoms with E-state index in [0.717, 1.165) is 17.7 Å². The molecule has 11 heteroatoms. The van der Waals surface area contributed by atoms with Crippen LogP contribution in [0.5, 0.6) is 17.2 Å². The van der Waals surface area contributed by atoms with E-state index in [-0.39, 0.29) is 17.8 Å². The maximum atomic E-state index is 13.1. The minimum Gasteiger partial charge on any atom is -0.457 e. The fraction of sp³-hybridized carbons (Fsp3) is 0.280. The van der Waals surface area contributed by atoms with E-state index in [1.165, 1.54) is 29.2 Å². The summed E-state index contributed by atoms with van der Waals surface area (Å²) in [5.74, 6) is 0.257. The quantitative estimate of drug-likeness (QED) is 0.289. The monoisotopic (exact) mass is 533 g/mol. The number of anilines is 1. The number of halogens is 7. The molecule has 0 saturated heterocycles. The summed E-state index contributed by atoms with van der Waals surface area (Å²) in [6, 6.07) is 16.1. The van der Waals surface area contributed by atoms with Gasteiger partial charge in [-0.2, -0.15) is 13.2 Å². The summed E-state index contributed by atoms with van der Waals surface area (Å²) >= 11 is 6.13. The zero-order chi connectivity index (χ0) is 26.5. The average Bonchev–Trinajstić information content (AvgIpc) is 2.78. The zero-order valence-electron chi connectivity index (χ0n) is 18.9. The summed E-state index contributed by atoms with van der Waals surface area (Å²) in [4.78, 5) is 1.19. The van der Waals surface area contributed by atoms with Crippen LogP contribution in [-0.2, 0) is 13.0 Å². The van der Waals surface area contributed by atoms with Crippen LogP contribution in [0, 0.1) is 0 Å². The predicted molar refractivity (Wildman–Crippen MR) is 124 cm³/mol. The lowest BCUT2D eigenvalue weighted by atomic mass is 10.1. The SMILES string of the molecule is CCc1cc(Oc2cccc(N(Cc3cccc(OC(F)(F)F)c3)CC(O)C(F)(F)F)c2)ccc1Cl. The van der Waals surface area contributed by atoms with E-state index in [1.54, 1.807) is 30.3 Å². The minimum absolute atomic E-state index is 0.239. The molecule has 0 saturated carbocycles. The third-order valence-corrected chi connectivity index (χ3v) is 5.46. The van der Waals surface area contributed by atoms with Crippen molar-refractivity contribution in [2.45, 2.75) is 38.5 Å². The topological polar surface area (TPSA) is 41.9 Å². The Morgan fingerprint density at radius 2 is 1.56 bits per heavy atom. The maximum Gasteiger partial charge on any atom is 0.573 e. The first-order chi connectivity index (χ1) is 16.8. The summed E-state index contributed by atoms with van der Waals surface area (Å²) in [5, 5.41) is 10.3. The lowest BCUT2D eigenvalue weighted by molar-refractivity contribution is -0.274. The first-order valence-electron chi connectivity index (χ1n) is 10.7. The van der Waals surface area contributed by atoms with Crippen molar-refractivity contribution in [3.05, 3.63) is 82.9 Å². The third-order valence-electron chi connectivity index (χ3n) is 5.09. The van der Waals surface area contributed by atoms with E-state index in [9.17, 15) is 31.4 Å². The highest BCUT2D eigenvalue weighted by Crippen LogP contribution is 2.31. The van der Waals surface area contributed by atoms with Crippen LogP contribution in [0.3, 0.4) is 0 Å². The van der Waals surface area contributed by atoms with Gasteiger partial charge in [0, 0.05) is 23.3 Å². The molecule has 0 spiro atoms. The van der Waals surface area contributed by atoms with Crippen LogP contribution in [0.2, 0.25) is 5.02 Å². The number of ether oxygens (including phenoxy) is 2. The minimum atomic E-state index is -4.92. The van der Waals surface area contributed by atoms with Gasteiger partial charge < -0.3 is 19.5 Å². The number of aliphatic hydroxyl groups is 1. The second kappa shape index (κ2) is 11.3. The summed E-state index contributed by atoms with van der Waals surface area (Å²) in [6.07, 6.45) is -11.8. The molecule has 0 heterocycles. The molecule has 194 valence electrons. The van der Waals surface area contributed by atoms with Crippen molar-refractivity contribution in [1.82, 2.24) is 0 Å². The van der Waals surface area contributed by atoms with Gasteiger partial charge in [-0.05, 0) is 60.0 Å². The zero-order valence-corrected chi connectivity index (χ0v) is 19.7. The van der Waals surface area contributed by atoms with Gasteiger partial charge in [0.1, 0.15) is 17.2 Å². The first kappa shape index (κ1) is 27.5. The number of nitrogens with zero attached hydrogens (tertiary/aromatic N) is 1. The smallest absolute Gasteiger partial charge is 0.457 e. The van der Waals surface area contributed by atoms with Crippen molar-refractivity contribution in [1.29, 1.82) is 0 Å². The van der Waals surface area contributed by atoms with Crippen LogP contribution in [0.25, 0.3) is 0 Å². The molecule has 3 rings (SSSR count). The molecule has 0 aromatic heterocycles. The molecule has 0 aliphatic rings. The number of hydrogen-bond acceptors (Lipinski definition) is 4. The van der Waals surface area contributed by atoms with Crippen molar-refractivity contribution in [3.8, 4) is 17.2 Å². The molecule has 0 aliphatic carbocycles. The van der Waals surface area contributed by atoms with E-state index in [4.69, 9.17) is 16.3 Å². The lowest BCUT2D eigenvalue weighted by Crippen LogP contribution is -2.40. The molecule has 0 radical (unpaired) electrons. The van der Waals surface area contributed by atoms with Crippen molar-refractivity contribution in [3.63, 3.8) is 0 Å². The van der Waals surface area contributed by atoms with E-state index < -0.39 is 30.9 Å².